The van der Waals surface area contributed by atoms with Crippen molar-refractivity contribution in [1.82, 2.24) is 9.21 Å². The minimum absolute atomic E-state index is 0.127. The molecule has 0 spiro atoms. The molecule has 1 aromatic rings. The normalized spacial score (nSPS) is 16.5. The summed E-state index contributed by atoms with van der Waals surface area (Å²) in [6.07, 6.45) is 0. The maximum Gasteiger partial charge on any atom is 0.243 e. The van der Waals surface area contributed by atoms with Gasteiger partial charge in [0.1, 0.15) is 0 Å². The number of nitrogens with zero attached hydrogens (tertiary/aromatic N) is 2. The number of nitrogens with two attached hydrogens (primary N) is 1. The van der Waals surface area contributed by atoms with Crippen LogP contribution >= 0.6 is 0 Å². The predicted octanol–water partition coefficient (Wildman–Crippen LogP) is -0.540. The number of likely N-dealkylation sites (N-methyl/N-ethyl adjacent to an activating group) is 1. The second-order valence-electron chi connectivity index (χ2n) is 4.69. The van der Waals surface area contributed by atoms with Crippen molar-refractivity contribution >= 4 is 15.9 Å². The van der Waals surface area contributed by atoms with Crippen molar-refractivity contribution in [2.24, 2.45) is 5.73 Å². The van der Waals surface area contributed by atoms with Gasteiger partial charge in [0.25, 0.3) is 0 Å². The first-order chi connectivity index (χ1) is 9.95. The Morgan fingerprint density at radius 3 is 2.76 bits per heavy atom. The first-order valence-electron chi connectivity index (χ1n) is 6.48. The highest BCUT2D eigenvalue weighted by Crippen LogP contribution is 2.18. The Morgan fingerprint density at radius 1 is 1.33 bits per heavy atom. The average molecular weight is 307 g/mol. The van der Waals surface area contributed by atoms with Crippen molar-refractivity contribution in [3.8, 4) is 11.8 Å². The Bertz CT molecular complexity index is 704. The number of sulfonamides is 1. The van der Waals surface area contributed by atoms with Crippen LogP contribution in [-0.4, -0.2) is 56.8 Å². The molecule has 0 aliphatic carbocycles. The van der Waals surface area contributed by atoms with Gasteiger partial charge >= 0.3 is 0 Å². The van der Waals surface area contributed by atoms with Gasteiger partial charge in [-0.15, -0.1) is 0 Å². The standard InChI is InChI=1S/C14H17N3O3S/c1-16-8-9-17(11-14(16)18)21(19,20)13-6-2-4-12(10-13)5-3-7-15/h2,4,6,10H,7-9,11,15H2,1H3. The second-order valence-corrected chi connectivity index (χ2v) is 6.63. The lowest BCUT2D eigenvalue weighted by molar-refractivity contribution is -0.132. The SMILES string of the molecule is CN1CCN(S(=O)(=O)c2cccc(C#CCN)c2)CC1=O. The van der Waals surface area contributed by atoms with E-state index in [1.807, 2.05) is 0 Å². The number of amides is 1. The minimum atomic E-state index is -3.68. The molecule has 0 saturated carbocycles. The molecule has 1 fully saturated rings. The van der Waals surface area contributed by atoms with Crippen LogP contribution in [0.2, 0.25) is 0 Å². The highest BCUT2D eigenvalue weighted by atomic mass is 32.2. The van der Waals surface area contributed by atoms with Crippen LogP contribution in [0.4, 0.5) is 0 Å². The fourth-order valence-corrected chi connectivity index (χ4v) is 3.41. The molecule has 0 aromatic heterocycles. The van der Waals surface area contributed by atoms with Gasteiger partial charge in [0.2, 0.25) is 15.9 Å². The largest absolute Gasteiger partial charge is 0.343 e. The quantitative estimate of drug-likeness (QED) is 0.744. The van der Waals surface area contributed by atoms with Crippen molar-refractivity contribution in [2.75, 3.05) is 33.2 Å². The van der Waals surface area contributed by atoms with E-state index in [0.717, 1.165) is 0 Å². The maximum absolute atomic E-state index is 12.5. The number of piperazine rings is 1. The number of hydrogen-bond acceptors (Lipinski definition) is 4. The first kappa shape index (κ1) is 15.5. The predicted molar refractivity (Wildman–Crippen MR) is 78.8 cm³/mol. The summed E-state index contributed by atoms with van der Waals surface area (Å²) < 4.78 is 26.3. The molecule has 0 atom stereocenters. The summed E-state index contributed by atoms with van der Waals surface area (Å²) in [6, 6.07) is 6.36. The van der Waals surface area contributed by atoms with Crippen molar-refractivity contribution in [3.63, 3.8) is 0 Å². The summed E-state index contributed by atoms with van der Waals surface area (Å²) in [6.45, 7) is 0.773. The molecule has 0 bridgehead atoms. The summed E-state index contributed by atoms with van der Waals surface area (Å²) in [7, 11) is -2.02. The van der Waals surface area contributed by atoms with Crippen molar-refractivity contribution in [2.45, 2.75) is 4.90 Å². The lowest BCUT2D eigenvalue weighted by Crippen LogP contribution is -2.50. The van der Waals surface area contributed by atoms with Gasteiger partial charge in [-0.25, -0.2) is 8.42 Å². The third-order valence-corrected chi connectivity index (χ3v) is 5.07. The number of carbonyl (C=O) groups excluding carboxylic acids is 1. The zero-order valence-corrected chi connectivity index (χ0v) is 12.6. The molecule has 21 heavy (non-hydrogen) atoms. The van der Waals surface area contributed by atoms with Crippen LogP contribution in [0.3, 0.4) is 0 Å². The molecule has 2 rings (SSSR count). The molecule has 2 N–H and O–H groups in total. The van der Waals surface area contributed by atoms with E-state index >= 15 is 0 Å². The van der Waals surface area contributed by atoms with Gasteiger partial charge in [-0.1, -0.05) is 17.9 Å². The fourth-order valence-electron chi connectivity index (χ4n) is 1.98. The van der Waals surface area contributed by atoms with Crippen LogP contribution in [-0.2, 0) is 14.8 Å². The fraction of sp³-hybridized carbons (Fsp3) is 0.357. The smallest absolute Gasteiger partial charge is 0.243 e. The van der Waals surface area contributed by atoms with E-state index in [1.54, 1.807) is 19.2 Å². The third kappa shape index (κ3) is 3.42. The lowest BCUT2D eigenvalue weighted by Gasteiger charge is -2.31. The molecule has 0 unspecified atom stereocenters. The van der Waals surface area contributed by atoms with Gasteiger partial charge in [0.15, 0.2) is 0 Å². The molecular formula is C14H17N3O3S. The molecule has 0 radical (unpaired) electrons. The van der Waals surface area contributed by atoms with Gasteiger partial charge in [-0.3, -0.25) is 4.79 Å². The number of carbonyl (C=O) groups is 1. The zero-order chi connectivity index (χ0) is 15.5. The first-order valence-corrected chi connectivity index (χ1v) is 7.92. The van der Waals surface area contributed by atoms with Crippen LogP contribution in [0.1, 0.15) is 5.56 Å². The van der Waals surface area contributed by atoms with Crippen LogP contribution in [0.5, 0.6) is 0 Å². The van der Waals surface area contributed by atoms with Crippen molar-refractivity contribution < 1.29 is 13.2 Å². The maximum atomic E-state index is 12.5. The molecule has 1 saturated heterocycles. The Labute approximate surface area is 124 Å². The highest BCUT2D eigenvalue weighted by Gasteiger charge is 2.31. The molecule has 1 aromatic carbocycles. The van der Waals surface area contributed by atoms with Gasteiger partial charge in [0, 0.05) is 25.7 Å². The topological polar surface area (TPSA) is 83.7 Å². The highest BCUT2D eigenvalue weighted by molar-refractivity contribution is 7.89. The molecule has 7 heteroatoms. The molecule has 1 aliphatic rings. The number of rotatable bonds is 2. The summed E-state index contributed by atoms with van der Waals surface area (Å²) in [4.78, 5) is 13.3. The van der Waals surface area contributed by atoms with Gasteiger partial charge < -0.3 is 10.6 Å². The van der Waals surface area contributed by atoms with Gasteiger partial charge in [0.05, 0.1) is 18.0 Å². The zero-order valence-electron chi connectivity index (χ0n) is 11.7. The molecule has 1 heterocycles. The van der Waals surface area contributed by atoms with Crippen molar-refractivity contribution in [3.05, 3.63) is 29.8 Å². The molecule has 1 amide bonds. The van der Waals surface area contributed by atoms with E-state index in [2.05, 4.69) is 11.8 Å². The minimum Gasteiger partial charge on any atom is -0.343 e. The van der Waals surface area contributed by atoms with Crippen LogP contribution in [0, 0.1) is 11.8 Å². The van der Waals surface area contributed by atoms with E-state index in [1.165, 1.54) is 21.3 Å². The summed E-state index contributed by atoms with van der Waals surface area (Å²) in [5.74, 6) is 5.28. The van der Waals surface area contributed by atoms with Gasteiger partial charge in [-0.05, 0) is 18.2 Å². The van der Waals surface area contributed by atoms with Crippen molar-refractivity contribution in [1.29, 1.82) is 0 Å². The van der Waals surface area contributed by atoms with E-state index < -0.39 is 10.0 Å². The monoisotopic (exact) mass is 307 g/mol. The lowest BCUT2D eigenvalue weighted by atomic mass is 10.2. The molecular weight excluding hydrogens is 290 g/mol. The summed E-state index contributed by atoms with van der Waals surface area (Å²) in [5.41, 5.74) is 5.89. The Morgan fingerprint density at radius 2 is 2.10 bits per heavy atom. The summed E-state index contributed by atoms with van der Waals surface area (Å²) >= 11 is 0. The van der Waals surface area contributed by atoms with E-state index in [4.69, 9.17) is 5.73 Å². The van der Waals surface area contributed by atoms with Crippen LogP contribution in [0.25, 0.3) is 0 Å². The Kier molecular flexibility index (Phi) is 4.63. The number of benzene rings is 1. The molecule has 6 nitrogen and oxygen atoms in total. The summed E-state index contributed by atoms with van der Waals surface area (Å²) in [5, 5.41) is 0. The van der Waals surface area contributed by atoms with Crippen LogP contribution in [0.15, 0.2) is 29.2 Å². The second kappa shape index (κ2) is 6.26. The average Bonchev–Trinajstić information content (AvgIpc) is 2.48. The van der Waals surface area contributed by atoms with E-state index in [9.17, 15) is 13.2 Å². The van der Waals surface area contributed by atoms with E-state index in [-0.39, 0.29) is 23.9 Å². The molecule has 1 aliphatic heterocycles. The van der Waals surface area contributed by atoms with E-state index in [0.29, 0.717) is 18.7 Å². The van der Waals surface area contributed by atoms with Crippen LogP contribution < -0.4 is 5.73 Å². The van der Waals surface area contributed by atoms with Gasteiger partial charge in [-0.2, -0.15) is 4.31 Å². The number of hydrogen-bond donors (Lipinski definition) is 1. The Balaban J connectivity index is 2.29. The Hall–Kier alpha value is -1.88. The third-order valence-electron chi connectivity index (χ3n) is 3.23. The molecule has 112 valence electrons.